The molecule has 3 rings (SSSR count). The number of aryl methyl sites for hydroxylation is 1. The summed E-state index contributed by atoms with van der Waals surface area (Å²) in [7, 11) is 0. The molecule has 39 heavy (non-hydrogen) atoms. The summed E-state index contributed by atoms with van der Waals surface area (Å²) in [4.78, 5) is 26.1. The number of carbonyl (C=O) groups excluding carboxylic acids is 1. The number of aromatic carboxylic acids is 1. The average Bonchev–Trinajstić information content (AvgIpc) is 2.88. The fourth-order valence-corrected chi connectivity index (χ4v) is 4.28. The van der Waals surface area contributed by atoms with Crippen molar-refractivity contribution in [3.05, 3.63) is 94.5 Å². The highest BCUT2D eigenvalue weighted by Crippen LogP contribution is 2.26. The third-order valence-corrected chi connectivity index (χ3v) is 6.40. The molecule has 0 unspecified atom stereocenters. The zero-order valence-corrected chi connectivity index (χ0v) is 23.4. The summed E-state index contributed by atoms with van der Waals surface area (Å²) in [6.07, 6.45) is 6.42. The second-order valence-electron chi connectivity index (χ2n) is 11.2. The summed E-state index contributed by atoms with van der Waals surface area (Å²) >= 11 is 0. The number of carbonyl (C=O) groups is 2. The first-order valence-corrected chi connectivity index (χ1v) is 13.6. The highest BCUT2D eigenvalue weighted by atomic mass is 16.4. The molecular weight excluding hydrogens is 486 g/mol. The van der Waals surface area contributed by atoms with Gasteiger partial charge < -0.3 is 15.1 Å². The molecular formula is C34H38NO4-. The van der Waals surface area contributed by atoms with E-state index in [0.29, 0.717) is 17.7 Å². The van der Waals surface area contributed by atoms with Crippen molar-refractivity contribution in [1.29, 1.82) is 0 Å². The zero-order chi connectivity index (χ0) is 28.4. The number of hydrogen-bond acceptors (Lipinski definition) is 3. The van der Waals surface area contributed by atoms with Gasteiger partial charge in [-0.3, -0.25) is 4.79 Å². The molecule has 3 aromatic rings. The third-order valence-electron chi connectivity index (χ3n) is 6.40. The first-order valence-electron chi connectivity index (χ1n) is 13.6. The Bertz CT molecular complexity index is 1320. The standard InChI is InChI=1S/C34H39NO4/c1-5-6-7-8-9-25-10-12-26(13-11-25)14-15-27-16-19-29(20-17-27)35(32(37)23-34(2,3)4)24-28-18-21-30(33(38)39)31(36)22-28/h10-13,16-22,36H,5-9,23-24H2,1-4H3,(H,38,39)/p-1. The Labute approximate surface area is 232 Å². The molecule has 5 heteroatoms. The molecule has 204 valence electrons. The van der Waals surface area contributed by atoms with E-state index in [1.165, 1.54) is 43.4 Å². The van der Waals surface area contributed by atoms with Crippen LogP contribution in [0.25, 0.3) is 0 Å². The van der Waals surface area contributed by atoms with Crippen LogP contribution in [0.4, 0.5) is 5.69 Å². The van der Waals surface area contributed by atoms with Crippen LogP contribution < -0.4 is 10.0 Å². The van der Waals surface area contributed by atoms with Gasteiger partial charge in [0.05, 0.1) is 12.1 Å². The van der Waals surface area contributed by atoms with E-state index in [1.807, 2.05) is 45.0 Å². The maximum atomic E-state index is 13.3. The number of benzene rings is 3. The summed E-state index contributed by atoms with van der Waals surface area (Å²) in [5.74, 6) is 4.50. The Kier molecular flexibility index (Phi) is 10.3. The van der Waals surface area contributed by atoms with Crippen LogP contribution in [0.15, 0.2) is 66.7 Å². The van der Waals surface area contributed by atoms with E-state index in [9.17, 15) is 14.7 Å². The lowest BCUT2D eigenvalue weighted by molar-refractivity contribution is -0.268. The van der Waals surface area contributed by atoms with Crippen molar-refractivity contribution in [3.63, 3.8) is 0 Å². The van der Waals surface area contributed by atoms with Crippen molar-refractivity contribution in [2.24, 2.45) is 5.41 Å². The fraction of sp³-hybridized carbons (Fsp3) is 0.353. The minimum Gasteiger partial charge on any atom is -0.872 e. The van der Waals surface area contributed by atoms with Crippen molar-refractivity contribution in [3.8, 4) is 17.6 Å². The molecule has 3 aromatic carbocycles. The van der Waals surface area contributed by atoms with Gasteiger partial charge in [-0.2, -0.15) is 0 Å². The monoisotopic (exact) mass is 524 g/mol. The van der Waals surface area contributed by atoms with Crippen molar-refractivity contribution >= 4 is 17.6 Å². The second kappa shape index (κ2) is 13.7. The maximum absolute atomic E-state index is 13.3. The van der Waals surface area contributed by atoms with Crippen molar-refractivity contribution in [2.45, 2.75) is 72.8 Å². The second-order valence-corrected chi connectivity index (χ2v) is 11.2. The highest BCUT2D eigenvalue weighted by molar-refractivity contribution is 5.94. The van der Waals surface area contributed by atoms with Crippen LogP contribution in [0.5, 0.6) is 5.75 Å². The number of anilines is 1. The van der Waals surface area contributed by atoms with Gasteiger partial charge in [0.25, 0.3) is 0 Å². The summed E-state index contributed by atoms with van der Waals surface area (Å²) in [5.41, 5.74) is 3.89. The first-order chi connectivity index (χ1) is 18.6. The third kappa shape index (κ3) is 9.33. The SMILES string of the molecule is CCCCCCc1ccc(C#Cc2ccc(N(Cc3ccc(C(=O)O)c([O-])c3)C(=O)CC(C)(C)C)cc2)cc1. The lowest BCUT2D eigenvalue weighted by Crippen LogP contribution is -2.33. The number of hydrogen-bond donors (Lipinski definition) is 1. The summed E-state index contributed by atoms with van der Waals surface area (Å²) < 4.78 is 0. The number of unbranched alkanes of at least 4 members (excludes halogenated alkanes) is 3. The molecule has 1 amide bonds. The molecule has 0 saturated carbocycles. The van der Waals surface area contributed by atoms with Gasteiger partial charge in [0.15, 0.2) is 0 Å². The Morgan fingerprint density at radius 3 is 1.97 bits per heavy atom. The Morgan fingerprint density at radius 1 is 0.846 bits per heavy atom. The lowest BCUT2D eigenvalue weighted by atomic mass is 9.91. The highest BCUT2D eigenvalue weighted by Gasteiger charge is 2.23. The average molecular weight is 525 g/mol. The fourth-order valence-electron chi connectivity index (χ4n) is 4.28. The number of nitrogens with zero attached hydrogens (tertiary/aromatic N) is 1. The van der Waals surface area contributed by atoms with Gasteiger partial charge >= 0.3 is 5.97 Å². The van der Waals surface area contributed by atoms with Crippen molar-refractivity contribution in [2.75, 3.05) is 4.90 Å². The van der Waals surface area contributed by atoms with Gasteiger partial charge in [-0.1, -0.05) is 88.8 Å². The van der Waals surface area contributed by atoms with Crippen LogP contribution in [0.1, 0.15) is 92.4 Å². The van der Waals surface area contributed by atoms with Gasteiger partial charge in [0, 0.05) is 23.2 Å². The summed E-state index contributed by atoms with van der Waals surface area (Å²) in [6, 6.07) is 20.1. The molecule has 0 bridgehead atoms. The van der Waals surface area contributed by atoms with E-state index in [0.717, 1.165) is 17.5 Å². The van der Waals surface area contributed by atoms with E-state index in [1.54, 1.807) is 11.0 Å². The van der Waals surface area contributed by atoms with Gasteiger partial charge in [0.1, 0.15) is 0 Å². The molecule has 0 aliphatic carbocycles. The molecule has 0 fully saturated rings. The summed E-state index contributed by atoms with van der Waals surface area (Å²) in [6.45, 7) is 8.38. The number of carboxylic acids is 1. The number of carboxylic acid groups (broad SMARTS) is 1. The maximum Gasteiger partial charge on any atom is 0.335 e. The van der Waals surface area contributed by atoms with Crippen LogP contribution in [-0.2, 0) is 17.8 Å². The zero-order valence-electron chi connectivity index (χ0n) is 23.4. The van der Waals surface area contributed by atoms with E-state index in [2.05, 4.69) is 43.0 Å². The van der Waals surface area contributed by atoms with Crippen LogP contribution in [0.3, 0.4) is 0 Å². The van der Waals surface area contributed by atoms with Crippen molar-refractivity contribution in [1.82, 2.24) is 0 Å². The minimum absolute atomic E-state index is 0.0779. The smallest absolute Gasteiger partial charge is 0.335 e. The summed E-state index contributed by atoms with van der Waals surface area (Å²) in [5, 5.41) is 21.4. The Hall–Kier alpha value is -4.04. The largest absolute Gasteiger partial charge is 0.872 e. The van der Waals surface area contributed by atoms with Crippen LogP contribution in [0.2, 0.25) is 0 Å². The van der Waals surface area contributed by atoms with E-state index >= 15 is 0 Å². The molecule has 0 atom stereocenters. The van der Waals surface area contributed by atoms with E-state index < -0.39 is 11.7 Å². The number of rotatable bonds is 10. The van der Waals surface area contributed by atoms with Crippen LogP contribution in [0, 0.1) is 17.3 Å². The molecule has 0 spiro atoms. The van der Waals surface area contributed by atoms with Crippen LogP contribution >= 0.6 is 0 Å². The topological polar surface area (TPSA) is 80.7 Å². The van der Waals surface area contributed by atoms with Gasteiger partial charge in [-0.25, -0.2) is 4.79 Å². The van der Waals surface area contributed by atoms with Gasteiger partial charge in [0.2, 0.25) is 5.91 Å². The lowest BCUT2D eigenvalue weighted by Gasteiger charge is -2.27. The molecule has 0 heterocycles. The van der Waals surface area contributed by atoms with E-state index in [-0.39, 0.29) is 23.4 Å². The van der Waals surface area contributed by atoms with Gasteiger partial charge in [-0.15, -0.1) is 0 Å². The molecule has 5 nitrogen and oxygen atoms in total. The van der Waals surface area contributed by atoms with E-state index in [4.69, 9.17) is 5.11 Å². The molecule has 0 radical (unpaired) electrons. The first kappa shape index (κ1) is 29.5. The minimum atomic E-state index is -1.26. The molecule has 0 aliphatic rings. The van der Waals surface area contributed by atoms with Gasteiger partial charge in [-0.05, 0) is 71.8 Å². The van der Waals surface area contributed by atoms with Crippen molar-refractivity contribution < 1.29 is 19.8 Å². The normalized spacial score (nSPS) is 11.0. The quantitative estimate of drug-likeness (QED) is 0.230. The number of amides is 1. The Balaban J connectivity index is 1.76. The molecule has 1 N–H and O–H groups in total. The molecule has 0 aromatic heterocycles. The predicted molar refractivity (Wildman–Crippen MR) is 155 cm³/mol. The predicted octanol–water partition coefficient (Wildman–Crippen LogP) is 6.95. The van der Waals surface area contributed by atoms with Crippen LogP contribution in [-0.4, -0.2) is 17.0 Å². The molecule has 0 aliphatic heterocycles. The Morgan fingerprint density at radius 2 is 1.44 bits per heavy atom. The molecule has 0 saturated heterocycles.